The first kappa shape index (κ1) is 38.5. The highest BCUT2D eigenvalue weighted by atomic mass is 19.3. The Hall–Kier alpha value is -3.90. The predicted octanol–water partition coefficient (Wildman–Crippen LogP) is 3.93. The van der Waals surface area contributed by atoms with Crippen LogP contribution in [0.5, 0.6) is 0 Å². The summed E-state index contributed by atoms with van der Waals surface area (Å²) in [6.07, 6.45) is 2.57. The molecular weight excluding hydrogens is 624 g/mol. The Morgan fingerprint density at radius 1 is 0.896 bits per heavy atom. The summed E-state index contributed by atoms with van der Waals surface area (Å²) in [5.41, 5.74) is 4.34. The molecule has 5 N–H and O–H groups in total. The van der Waals surface area contributed by atoms with E-state index in [0.29, 0.717) is 6.42 Å². The Balaban J connectivity index is 1.82. The summed E-state index contributed by atoms with van der Waals surface area (Å²) >= 11 is 0. The molecule has 2 aliphatic rings. The van der Waals surface area contributed by atoms with Crippen LogP contribution in [0.3, 0.4) is 0 Å². The SMILES string of the molecule is CC(C)[C@H](NC(=O)N[C@H](C(=O)N1CC[C@H](C(C)C)[C@H]1C(=O)NC(CC1CC1)C(=O)C(N)=O)C(C)(C)C)C(=O)c1ccc(C(C)(F)F)cc1. The van der Waals surface area contributed by atoms with Gasteiger partial charge in [0.15, 0.2) is 5.78 Å². The number of primary amides is 1. The van der Waals surface area contributed by atoms with Crippen molar-refractivity contribution in [2.45, 2.75) is 111 Å². The number of carbonyl (C=O) groups is 6. The van der Waals surface area contributed by atoms with Crippen LogP contribution in [0.15, 0.2) is 24.3 Å². The third-order valence-electron chi connectivity index (χ3n) is 9.29. The molecule has 1 saturated heterocycles. The fourth-order valence-electron chi connectivity index (χ4n) is 6.21. The lowest BCUT2D eigenvalue weighted by Crippen LogP contribution is -2.62. The van der Waals surface area contributed by atoms with Gasteiger partial charge in [-0.1, -0.05) is 85.6 Å². The van der Waals surface area contributed by atoms with Gasteiger partial charge in [0, 0.05) is 24.6 Å². The number of ketones is 2. The molecule has 1 saturated carbocycles. The second-order valence-corrected chi connectivity index (χ2v) is 15.1. The minimum atomic E-state index is -3.07. The zero-order chi connectivity index (χ0) is 36.3. The van der Waals surface area contributed by atoms with Crippen LogP contribution in [-0.4, -0.2) is 70.9 Å². The molecule has 1 heterocycles. The largest absolute Gasteiger partial charge is 0.363 e. The van der Waals surface area contributed by atoms with E-state index in [0.717, 1.165) is 19.8 Å². The molecule has 11 nitrogen and oxygen atoms in total. The maximum Gasteiger partial charge on any atom is 0.316 e. The van der Waals surface area contributed by atoms with Gasteiger partial charge in [-0.2, -0.15) is 0 Å². The Morgan fingerprint density at radius 3 is 1.94 bits per heavy atom. The van der Waals surface area contributed by atoms with Gasteiger partial charge in [-0.15, -0.1) is 0 Å². The highest BCUT2D eigenvalue weighted by Gasteiger charge is 2.48. The summed E-state index contributed by atoms with van der Waals surface area (Å²) in [5.74, 6) is -7.09. The molecule has 266 valence electrons. The van der Waals surface area contributed by atoms with E-state index in [2.05, 4.69) is 16.0 Å². The molecular formula is C35H51F2N5O6. The van der Waals surface area contributed by atoms with Gasteiger partial charge < -0.3 is 26.6 Å². The highest BCUT2D eigenvalue weighted by molar-refractivity contribution is 6.37. The molecule has 3 rings (SSSR count). The number of carbonyl (C=O) groups excluding carboxylic acids is 6. The second kappa shape index (κ2) is 15.1. The number of rotatable bonds is 14. The number of amides is 5. The number of likely N-dealkylation sites (tertiary alicyclic amines) is 1. The van der Waals surface area contributed by atoms with Crippen molar-refractivity contribution in [3.8, 4) is 0 Å². The van der Waals surface area contributed by atoms with Crippen molar-refractivity contribution in [1.82, 2.24) is 20.9 Å². The van der Waals surface area contributed by atoms with Gasteiger partial charge in [0.1, 0.15) is 12.1 Å². The summed E-state index contributed by atoms with van der Waals surface area (Å²) in [5, 5.41) is 8.11. The number of benzene rings is 1. The first-order valence-corrected chi connectivity index (χ1v) is 16.7. The number of halogens is 2. The number of nitrogens with one attached hydrogen (secondary N) is 3. The molecule has 48 heavy (non-hydrogen) atoms. The summed E-state index contributed by atoms with van der Waals surface area (Å²) in [4.78, 5) is 80.7. The average molecular weight is 676 g/mol. The van der Waals surface area contributed by atoms with Crippen LogP contribution in [0.25, 0.3) is 0 Å². The van der Waals surface area contributed by atoms with Gasteiger partial charge in [-0.05, 0) is 41.9 Å². The molecule has 13 heteroatoms. The number of nitrogens with zero attached hydrogens (tertiary/aromatic N) is 1. The third-order valence-corrected chi connectivity index (χ3v) is 9.29. The first-order chi connectivity index (χ1) is 22.1. The molecule has 1 aliphatic carbocycles. The summed E-state index contributed by atoms with van der Waals surface area (Å²) in [6, 6.07) is -0.0630. The van der Waals surface area contributed by atoms with Crippen LogP contribution in [-0.2, 0) is 25.1 Å². The number of hydrogen-bond acceptors (Lipinski definition) is 6. The van der Waals surface area contributed by atoms with Crippen molar-refractivity contribution in [3.63, 3.8) is 0 Å². The van der Waals surface area contributed by atoms with Crippen LogP contribution in [0, 0.1) is 29.1 Å². The monoisotopic (exact) mass is 675 g/mol. The second-order valence-electron chi connectivity index (χ2n) is 15.1. The number of hydrogen-bond donors (Lipinski definition) is 4. The van der Waals surface area contributed by atoms with Crippen LogP contribution < -0.4 is 21.7 Å². The van der Waals surface area contributed by atoms with Crippen LogP contribution in [0.1, 0.15) is 97.0 Å². The van der Waals surface area contributed by atoms with Crippen molar-refractivity contribution >= 4 is 35.3 Å². The van der Waals surface area contributed by atoms with E-state index in [9.17, 15) is 37.5 Å². The number of nitrogens with two attached hydrogens (primary N) is 1. The van der Waals surface area contributed by atoms with Gasteiger partial charge >= 0.3 is 6.03 Å². The highest BCUT2D eigenvalue weighted by Crippen LogP contribution is 2.36. The quantitative estimate of drug-likeness (QED) is 0.172. The molecule has 0 aromatic heterocycles. The van der Waals surface area contributed by atoms with Gasteiger partial charge in [-0.3, -0.25) is 24.0 Å². The Morgan fingerprint density at radius 2 is 1.48 bits per heavy atom. The minimum absolute atomic E-state index is 0.00736. The summed E-state index contributed by atoms with van der Waals surface area (Å²) < 4.78 is 27.4. The molecule has 1 aliphatic heterocycles. The lowest BCUT2D eigenvalue weighted by atomic mass is 9.84. The van der Waals surface area contributed by atoms with Gasteiger partial charge in [-0.25, -0.2) is 13.6 Å². The van der Waals surface area contributed by atoms with Gasteiger partial charge in [0.05, 0.1) is 12.1 Å². The topological polar surface area (TPSA) is 168 Å². The smallest absolute Gasteiger partial charge is 0.316 e. The normalized spacial score (nSPS) is 20.2. The maximum atomic E-state index is 14.2. The van der Waals surface area contributed by atoms with E-state index < -0.39 is 70.8 Å². The van der Waals surface area contributed by atoms with Crippen LogP contribution >= 0.6 is 0 Å². The van der Waals surface area contributed by atoms with Crippen LogP contribution in [0.4, 0.5) is 13.6 Å². The molecule has 5 atom stereocenters. The van der Waals surface area contributed by atoms with E-state index in [1.165, 1.54) is 29.2 Å². The van der Waals surface area contributed by atoms with Crippen molar-refractivity contribution in [2.75, 3.05) is 6.54 Å². The number of urea groups is 1. The zero-order valence-electron chi connectivity index (χ0n) is 29.2. The minimum Gasteiger partial charge on any atom is -0.363 e. The van der Waals surface area contributed by atoms with Crippen molar-refractivity contribution in [3.05, 3.63) is 35.4 Å². The molecule has 1 aromatic rings. The lowest BCUT2D eigenvalue weighted by Gasteiger charge is -2.37. The maximum absolute atomic E-state index is 14.2. The summed E-state index contributed by atoms with van der Waals surface area (Å²) in [6.45, 7) is 13.6. The lowest BCUT2D eigenvalue weighted by molar-refractivity contribution is -0.144. The summed E-state index contributed by atoms with van der Waals surface area (Å²) in [7, 11) is 0. The van der Waals surface area contributed by atoms with E-state index in [1.807, 2.05) is 13.8 Å². The van der Waals surface area contributed by atoms with Crippen molar-refractivity contribution in [1.29, 1.82) is 0 Å². The molecule has 1 aromatic carbocycles. The Bertz CT molecular complexity index is 1380. The van der Waals surface area contributed by atoms with Gasteiger partial charge in [0.2, 0.25) is 17.6 Å². The van der Waals surface area contributed by atoms with E-state index in [1.54, 1.807) is 34.6 Å². The third kappa shape index (κ3) is 9.59. The fraction of sp³-hybridized carbons (Fsp3) is 0.657. The Kier molecular flexibility index (Phi) is 12.1. The predicted molar refractivity (Wildman–Crippen MR) is 176 cm³/mol. The fourth-order valence-corrected chi connectivity index (χ4v) is 6.21. The van der Waals surface area contributed by atoms with E-state index in [-0.39, 0.29) is 47.8 Å². The standard InChI is InChI=1S/C35H51F2N5O6/c1-18(2)23-15-16-42(26(23)31(46)39-24(17-20-9-10-20)28(44)30(38)45)32(47)29(34(5,6)7)41-33(48)40-25(19(3)4)27(43)21-11-13-22(14-12-21)35(8,36)37/h11-14,18-20,23-26,29H,9-10,15-17H2,1-8H3,(H2,38,45)(H,39,46)(H2,40,41,48)/t23-,24?,25+,26+,29-/m1/s1. The first-order valence-electron chi connectivity index (χ1n) is 16.7. The molecule has 0 spiro atoms. The molecule has 0 radical (unpaired) electrons. The van der Waals surface area contributed by atoms with Crippen molar-refractivity contribution in [2.24, 2.45) is 34.8 Å². The Labute approximate surface area is 281 Å². The van der Waals surface area contributed by atoms with E-state index >= 15 is 0 Å². The molecule has 5 amide bonds. The van der Waals surface area contributed by atoms with Gasteiger partial charge in [0.25, 0.3) is 11.8 Å². The molecule has 0 bridgehead atoms. The van der Waals surface area contributed by atoms with E-state index in [4.69, 9.17) is 5.73 Å². The zero-order valence-corrected chi connectivity index (χ0v) is 29.2. The molecule has 2 fully saturated rings. The van der Waals surface area contributed by atoms with Crippen LogP contribution in [0.2, 0.25) is 0 Å². The molecule has 1 unspecified atom stereocenters. The van der Waals surface area contributed by atoms with Crippen molar-refractivity contribution < 1.29 is 37.5 Å². The number of Topliss-reactive ketones (excluding diaryl/α,β-unsaturated/α-hetero) is 2. The number of alkyl halides is 2. The average Bonchev–Trinajstić information content (AvgIpc) is 3.68.